The van der Waals surface area contributed by atoms with Crippen molar-refractivity contribution in [2.75, 3.05) is 0 Å². The van der Waals surface area contributed by atoms with Crippen molar-refractivity contribution in [2.45, 2.75) is 33.1 Å². The van der Waals surface area contributed by atoms with E-state index < -0.39 is 11.4 Å². The zero-order valence-corrected chi connectivity index (χ0v) is 9.86. The van der Waals surface area contributed by atoms with E-state index in [9.17, 15) is 9.90 Å². The molecule has 0 spiro atoms. The Kier molecular flexibility index (Phi) is 2.53. The Morgan fingerprint density at radius 1 is 1.31 bits per heavy atom. The summed E-state index contributed by atoms with van der Waals surface area (Å²) in [6.07, 6.45) is 2.41. The monoisotopic (exact) mass is 218 g/mol. The molecule has 0 bridgehead atoms. The highest BCUT2D eigenvalue weighted by atomic mass is 16.4. The first-order valence-corrected chi connectivity index (χ1v) is 5.75. The second-order valence-corrected chi connectivity index (χ2v) is 5.43. The number of carbonyl (C=O) groups is 1. The summed E-state index contributed by atoms with van der Waals surface area (Å²) in [6.45, 7) is 4.10. The van der Waals surface area contributed by atoms with Gasteiger partial charge in [0.15, 0.2) is 0 Å². The van der Waals surface area contributed by atoms with Gasteiger partial charge < -0.3 is 5.11 Å². The molecule has 1 atom stereocenters. The van der Waals surface area contributed by atoms with Crippen molar-refractivity contribution < 1.29 is 9.90 Å². The van der Waals surface area contributed by atoms with Crippen LogP contribution in [0.25, 0.3) is 0 Å². The van der Waals surface area contributed by atoms with Gasteiger partial charge in [0.25, 0.3) is 0 Å². The molecular weight excluding hydrogens is 200 g/mol. The minimum Gasteiger partial charge on any atom is -0.481 e. The van der Waals surface area contributed by atoms with Gasteiger partial charge in [-0.15, -0.1) is 0 Å². The summed E-state index contributed by atoms with van der Waals surface area (Å²) in [6, 6.07) is 10.1. The first-order chi connectivity index (χ1) is 7.48. The van der Waals surface area contributed by atoms with E-state index in [2.05, 4.69) is 12.1 Å². The molecule has 1 aromatic rings. The van der Waals surface area contributed by atoms with E-state index in [-0.39, 0.29) is 5.41 Å². The number of hydrogen-bond donors (Lipinski definition) is 1. The quantitative estimate of drug-likeness (QED) is 0.843. The fourth-order valence-electron chi connectivity index (χ4n) is 2.61. The van der Waals surface area contributed by atoms with E-state index >= 15 is 0 Å². The number of carboxylic acid groups (broad SMARTS) is 1. The van der Waals surface area contributed by atoms with Crippen LogP contribution in [0.5, 0.6) is 0 Å². The van der Waals surface area contributed by atoms with E-state index in [0.717, 1.165) is 19.3 Å². The van der Waals surface area contributed by atoms with Crippen molar-refractivity contribution >= 4 is 5.97 Å². The number of hydrogen-bond acceptors (Lipinski definition) is 1. The van der Waals surface area contributed by atoms with Gasteiger partial charge in [0, 0.05) is 0 Å². The zero-order valence-electron chi connectivity index (χ0n) is 9.86. The molecule has 86 valence electrons. The molecule has 2 nitrogen and oxygen atoms in total. The van der Waals surface area contributed by atoms with Gasteiger partial charge in [-0.2, -0.15) is 0 Å². The summed E-state index contributed by atoms with van der Waals surface area (Å²) in [5.41, 5.74) is 0.710. The second-order valence-electron chi connectivity index (χ2n) is 5.43. The van der Waals surface area contributed by atoms with Gasteiger partial charge in [0.05, 0.1) is 5.41 Å². The van der Waals surface area contributed by atoms with Crippen LogP contribution in [0, 0.1) is 10.8 Å². The van der Waals surface area contributed by atoms with Crippen LogP contribution >= 0.6 is 0 Å². The number of aliphatic carboxylic acids is 1. The lowest BCUT2D eigenvalue weighted by Crippen LogP contribution is -2.21. The minimum absolute atomic E-state index is 0.0341. The third kappa shape index (κ3) is 1.73. The lowest BCUT2D eigenvalue weighted by molar-refractivity contribution is -0.145. The Morgan fingerprint density at radius 3 is 2.31 bits per heavy atom. The summed E-state index contributed by atoms with van der Waals surface area (Å²) in [5.74, 6) is -0.631. The van der Waals surface area contributed by atoms with E-state index in [4.69, 9.17) is 0 Å². The van der Waals surface area contributed by atoms with Crippen molar-refractivity contribution in [1.82, 2.24) is 0 Å². The Balaban J connectivity index is 2.03. The number of carboxylic acids is 1. The van der Waals surface area contributed by atoms with Crippen molar-refractivity contribution in [3.05, 3.63) is 35.9 Å². The fraction of sp³-hybridized carbons (Fsp3) is 0.500. The Morgan fingerprint density at radius 2 is 1.88 bits per heavy atom. The van der Waals surface area contributed by atoms with Crippen LogP contribution in [-0.2, 0) is 11.2 Å². The largest absolute Gasteiger partial charge is 0.481 e. The zero-order chi connectivity index (χ0) is 11.8. The average Bonchev–Trinajstić information content (AvgIpc) is 2.81. The van der Waals surface area contributed by atoms with E-state index in [1.165, 1.54) is 5.56 Å². The van der Waals surface area contributed by atoms with Crippen molar-refractivity contribution in [1.29, 1.82) is 0 Å². The molecule has 1 aliphatic carbocycles. The predicted octanol–water partition coefficient (Wildman–Crippen LogP) is 3.12. The van der Waals surface area contributed by atoms with Crippen molar-refractivity contribution in [2.24, 2.45) is 10.8 Å². The van der Waals surface area contributed by atoms with Gasteiger partial charge in [-0.05, 0) is 30.2 Å². The molecular formula is C14H18O2. The van der Waals surface area contributed by atoms with E-state index in [1.807, 2.05) is 32.0 Å². The normalized spacial score (nSPS) is 26.4. The fourth-order valence-corrected chi connectivity index (χ4v) is 2.61. The highest BCUT2D eigenvalue weighted by molar-refractivity contribution is 5.79. The lowest BCUT2D eigenvalue weighted by atomic mass is 9.89. The predicted molar refractivity (Wildman–Crippen MR) is 63.2 cm³/mol. The molecule has 0 amide bonds. The highest BCUT2D eigenvalue weighted by Gasteiger charge is 2.65. The second kappa shape index (κ2) is 3.62. The van der Waals surface area contributed by atoms with Crippen molar-refractivity contribution in [3.63, 3.8) is 0 Å². The summed E-state index contributed by atoms with van der Waals surface area (Å²) < 4.78 is 0. The SMILES string of the molecule is CC1(C)CC1(CCc1ccccc1)C(=O)O. The Bertz CT molecular complexity index is 394. The molecule has 1 fully saturated rings. The van der Waals surface area contributed by atoms with Crippen LogP contribution in [0.3, 0.4) is 0 Å². The number of rotatable bonds is 4. The molecule has 2 heteroatoms. The van der Waals surface area contributed by atoms with Crippen LogP contribution in [0.4, 0.5) is 0 Å². The van der Waals surface area contributed by atoms with Gasteiger partial charge in [-0.25, -0.2) is 0 Å². The maximum Gasteiger partial charge on any atom is 0.310 e. The van der Waals surface area contributed by atoms with Gasteiger partial charge in [0.2, 0.25) is 0 Å². The average molecular weight is 218 g/mol. The molecule has 0 radical (unpaired) electrons. The summed E-state index contributed by atoms with van der Waals surface area (Å²) in [7, 11) is 0. The minimum atomic E-state index is -0.631. The lowest BCUT2D eigenvalue weighted by Gasteiger charge is -2.15. The molecule has 0 saturated heterocycles. The first-order valence-electron chi connectivity index (χ1n) is 5.75. The standard InChI is InChI=1S/C14H18O2/c1-13(2)10-14(13,12(15)16)9-8-11-6-4-3-5-7-11/h3-7H,8-10H2,1-2H3,(H,15,16). The Hall–Kier alpha value is -1.31. The molecule has 1 N–H and O–H groups in total. The summed E-state index contributed by atoms with van der Waals surface area (Å²) in [4.78, 5) is 11.3. The molecule has 0 aliphatic heterocycles. The van der Waals surface area contributed by atoms with Crippen LogP contribution in [0.1, 0.15) is 32.3 Å². The molecule has 0 heterocycles. The molecule has 1 saturated carbocycles. The maximum atomic E-state index is 11.3. The van der Waals surface area contributed by atoms with Gasteiger partial charge >= 0.3 is 5.97 Å². The molecule has 16 heavy (non-hydrogen) atoms. The van der Waals surface area contributed by atoms with Gasteiger partial charge in [-0.3, -0.25) is 4.79 Å². The third-order valence-electron chi connectivity index (χ3n) is 4.01. The van der Waals surface area contributed by atoms with Crippen LogP contribution in [0.15, 0.2) is 30.3 Å². The molecule has 0 aromatic heterocycles. The maximum absolute atomic E-state index is 11.3. The van der Waals surface area contributed by atoms with Gasteiger partial charge in [0.1, 0.15) is 0 Å². The summed E-state index contributed by atoms with van der Waals surface area (Å²) in [5, 5.41) is 9.32. The topological polar surface area (TPSA) is 37.3 Å². The molecule has 1 unspecified atom stereocenters. The molecule has 1 aromatic carbocycles. The highest BCUT2D eigenvalue weighted by Crippen LogP contribution is 2.65. The number of benzene rings is 1. The number of aryl methyl sites for hydroxylation is 1. The van der Waals surface area contributed by atoms with Crippen LogP contribution < -0.4 is 0 Å². The smallest absolute Gasteiger partial charge is 0.310 e. The third-order valence-corrected chi connectivity index (χ3v) is 4.01. The van der Waals surface area contributed by atoms with Crippen LogP contribution in [0.2, 0.25) is 0 Å². The van der Waals surface area contributed by atoms with Crippen molar-refractivity contribution in [3.8, 4) is 0 Å². The van der Waals surface area contributed by atoms with E-state index in [1.54, 1.807) is 0 Å². The molecule has 1 aliphatic rings. The molecule has 2 rings (SSSR count). The first kappa shape index (κ1) is 11.2. The summed E-state index contributed by atoms with van der Waals surface area (Å²) >= 11 is 0. The van der Waals surface area contributed by atoms with Gasteiger partial charge in [-0.1, -0.05) is 44.2 Å². The van der Waals surface area contributed by atoms with Crippen LogP contribution in [-0.4, -0.2) is 11.1 Å². The van der Waals surface area contributed by atoms with E-state index in [0.29, 0.717) is 0 Å². The Labute approximate surface area is 96.3 Å².